The lowest BCUT2D eigenvalue weighted by Gasteiger charge is -2.01. The van der Waals surface area contributed by atoms with Gasteiger partial charge in [-0.2, -0.15) is 0 Å². The molecule has 8 nitrogen and oxygen atoms in total. The number of methoxy groups -OCH3 is 1. The summed E-state index contributed by atoms with van der Waals surface area (Å²) < 4.78 is 16.5. The molecule has 0 N–H and O–H groups in total. The third kappa shape index (κ3) is 3.54. The van der Waals surface area contributed by atoms with Crippen LogP contribution in [-0.2, 0) is 22.6 Å². The lowest BCUT2D eigenvalue weighted by atomic mass is 10.3. The van der Waals surface area contributed by atoms with Crippen LogP contribution in [-0.4, -0.2) is 39.8 Å². The molecule has 2 aromatic rings. The van der Waals surface area contributed by atoms with Crippen molar-refractivity contribution in [3.63, 3.8) is 0 Å². The fourth-order valence-corrected chi connectivity index (χ4v) is 1.70. The smallest absolute Gasteiger partial charge is 0.361 e. The molecule has 0 bridgehead atoms. The fraction of sp³-hybridized carbons (Fsp3) is 0.385. The molecule has 0 aliphatic rings. The molecule has 0 amide bonds. The van der Waals surface area contributed by atoms with Crippen molar-refractivity contribution < 1.29 is 18.8 Å². The summed E-state index contributed by atoms with van der Waals surface area (Å²) in [5, 5.41) is 11.7. The monoisotopic (exact) mass is 292 g/mol. The van der Waals surface area contributed by atoms with E-state index in [0.717, 1.165) is 0 Å². The van der Waals surface area contributed by atoms with Gasteiger partial charge in [-0.05, 0) is 6.92 Å². The summed E-state index contributed by atoms with van der Waals surface area (Å²) in [5.74, 6) is 0.0924. The molecule has 0 saturated carbocycles. The number of rotatable bonds is 7. The maximum absolute atomic E-state index is 11.7. The van der Waals surface area contributed by atoms with Crippen LogP contribution in [0.5, 0.6) is 0 Å². The van der Waals surface area contributed by atoms with Crippen LogP contribution in [0.25, 0.3) is 0 Å². The predicted octanol–water partition coefficient (Wildman–Crippen LogP) is 1.11. The minimum Gasteiger partial charge on any atom is -0.457 e. The van der Waals surface area contributed by atoms with Gasteiger partial charge in [0.15, 0.2) is 11.5 Å². The highest BCUT2D eigenvalue weighted by atomic mass is 16.5. The summed E-state index contributed by atoms with van der Waals surface area (Å²) in [6, 6.07) is 1.76. The third-order valence-corrected chi connectivity index (χ3v) is 2.71. The number of esters is 1. The molecule has 0 atom stereocenters. The number of nitrogens with zero attached hydrogens (tertiary/aromatic N) is 4. The van der Waals surface area contributed by atoms with Crippen LogP contribution in [0.4, 0.5) is 0 Å². The highest BCUT2D eigenvalue weighted by Crippen LogP contribution is 2.10. The molecule has 21 heavy (non-hydrogen) atoms. The van der Waals surface area contributed by atoms with Gasteiger partial charge in [-0.1, -0.05) is 23.0 Å². The van der Waals surface area contributed by atoms with Crippen molar-refractivity contribution >= 4 is 5.97 Å². The van der Waals surface area contributed by atoms with Crippen molar-refractivity contribution in [3.8, 4) is 0 Å². The van der Waals surface area contributed by atoms with Gasteiger partial charge < -0.3 is 14.0 Å². The van der Waals surface area contributed by atoms with Crippen molar-refractivity contribution in [1.82, 2.24) is 20.2 Å². The lowest BCUT2D eigenvalue weighted by molar-refractivity contribution is 0.0542. The zero-order valence-corrected chi connectivity index (χ0v) is 11.9. The summed E-state index contributed by atoms with van der Waals surface area (Å²) >= 11 is 0. The molecule has 0 aromatic carbocycles. The highest BCUT2D eigenvalue weighted by molar-refractivity contribution is 5.88. The van der Waals surface area contributed by atoms with Gasteiger partial charge in [0.1, 0.15) is 18.9 Å². The van der Waals surface area contributed by atoms with Gasteiger partial charge in [-0.15, -0.1) is 5.10 Å². The zero-order valence-electron chi connectivity index (χ0n) is 11.9. The van der Waals surface area contributed by atoms with E-state index in [2.05, 4.69) is 22.0 Å². The second-order valence-electron chi connectivity index (χ2n) is 4.29. The Morgan fingerprint density at radius 1 is 1.57 bits per heavy atom. The Balaban J connectivity index is 2.08. The van der Waals surface area contributed by atoms with Crippen molar-refractivity contribution in [1.29, 1.82) is 0 Å². The fourth-order valence-electron chi connectivity index (χ4n) is 1.70. The molecule has 2 rings (SSSR count). The number of hydrogen-bond acceptors (Lipinski definition) is 7. The molecule has 0 aliphatic heterocycles. The molecule has 0 saturated heterocycles. The Labute approximate surface area is 121 Å². The Morgan fingerprint density at radius 3 is 3.10 bits per heavy atom. The largest absolute Gasteiger partial charge is 0.457 e. The second kappa shape index (κ2) is 6.80. The normalized spacial score (nSPS) is 10.6. The van der Waals surface area contributed by atoms with Crippen molar-refractivity contribution in [2.45, 2.75) is 20.1 Å². The zero-order chi connectivity index (χ0) is 15.2. The molecule has 0 unspecified atom stereocenters. The summed E-state index contributed by atoms with van der Waals surface area (Å²) in [4.78, 5) is 11.7. The van der Waals surface area contributed by atoms with E-state index < -0.39 is 5.97 Å². The van der Waals surface area contributed by atoms with Crippen LogP contribution in [0.15, 0.2) is 23.2 Å². The van der Waals surface area contributed by atoms with Crippen molar-refractivity contribution in [3.05, 3.63) is 41.6 Å². The van der Waals surface area contributed by atoms with Crippen LogP contribution >= 0.6 is 0 Å². The van der Waals surface area contributed by atoms with E-state index >= 15 is 0 Å². The average molecular weight is 292 g/mol. The lowest BCUT2D eigenvalue weighted by Crippen LogP contribution is -2.09. The van der Waals surface area contributed by atoms with Gasteiger partial charge in [0.2, 0.25) is 0 Å². The number of carbonyl (C=O) groups is 1. The molecule has 2 heterocycles. The molecule has 0 fully saturated rings. The van der Waals surface area contributed by atoms with Gasteiger partial charge in [0, 0.05) is 13.2 Å². The van der Waals surface area contributed by atoms with Gasteiger partial charge in [0.05, 0.1) is 12.2 Å². The molecule has 112 valence electrons. The van der Waals surface area contributed by atoms with E-state index in [1.165, 1.54) is 6.08 Å². The summed E-state index contributed by atoms with van der Waals surface area (Å²) in [5.41, 5.74) is 1.44. The summed E-state index contributed by atoms with van der Waals surface area (Å²) in [6.45, 7) is 6.05. The van der Waals surface area contributed by atoms with Crippen molar-refractivity contribution in [2.75, 3.05) is 13.7 Å². The van der Waals surface area contributed by atoms with Crippen LogP contribution in [0, 0.1) is 6.92 Å². The van der Waals surface area contributed by atoms with E-state index in [1.807, 2.05) is 0 Å². The number of ether oxygens (including phenoxy) is 2. The molecule has 0 radical (unpaired) electrons. The molecule has 8 heteroatoms. The minimum atomic E-state index is -0.529. The first-order valence-corrected chi connectivity index (χ1v) is 6.27. The molecular formula is C13H16N4O4. The maximum atomic E-state index is 11.7. The number of aromatic nitrogens is 4. The summed E-state index contributed by atoms with van der Waals surface area (Å²) in [7, 11) is 1.57. The van der Waals surface area contributed by atoms with Gasteiger partial charge in [0.25, 0.3) is 0 Å². The summed E-state index contributed by atoms with van der Waals surface area (Å²) in [6.07, 6.45) is 1.49. The standard InChI is InChI=1S/C13H16N4O4/c1-4-5-20-13(18)12-9(2)17(16-14-12)7-10-6-11(8-19-3)21-15-10/h4,6H,1,5,7-8H2,2-3H3. The minimum absolute atomic E-state index is 0.134. The molecule has 0 spiro atoms. The molecule has 2 aromatic heterocycles. The van der Waals surface area contributed by atoms with Gasteiger partial charge in [-0.25, -0.2) is 9.48 Å². The maximum Gasteiger partial charge on any atom is 0.361 e. The first kappa shape index (κ1) is 14.9. The Kier molecular flexibility index (Phi) is 4.83. The topological polar surface area (TPSA) is 92.3 Å². The van der Waals surface area contributed by atoms with Crippen LogP contribution < -0.4 is 0 Å². The first-order valence-electron chi connectivity index (χ1n) is 6.27. The van der Waals surface area contributed by atoms with E-state index in [1.54, 1.807) is 24.8 Å². The SMILES string of the molecule is C=CCOC(=O)c1nnn(Cc2cc(COC)on2)c1C. The van der Waals surface area contributed by atoms with Gasteiger partial charge >= 0.3 is 5.97 Å². The van der Waals surface area contributed by atoms with Crippen LogP contribution in [0.3, 0.4) is 0 Å². The van der Waals surface area contributed by atoms with Crippen LogP contribution in [0.2, 0.25) is 0 Å². The van der Waals surface area contributed by atoms with E-state index in [9.17, 15) is 4.79 Å². The number of carbonyl (C=O) groups excluding carboxylic acids is 1. The third-order valence-electron chi connectivity index (χ3n) is 2.71. The van der Waals surface area contributed by atoms with E-state index in [0.29, 0.717) is 30.3 Å². The van der Waals surface area contributed by atoms with E-state index in [-0.39, 0.29) is 12.3 Å². The molecule has 0 aliphatic carbocycles. The quantitative estimate of drug-likeness (QED) is 0.557. The Morgan fingerprint density at radius 2 is 2.38 bits per heavy atom. The highest BCUT2D eigenvalue weighted by Gasteiger charge is 2.18. The van der Waals surface area contributed by atoms with Gasteiger partial charge in [-0.3, -0.25) is 0 Å². The molecular weight excluding hydrogens is 276 g/mol. The first-order chi connectivity index (χ1) is 10.2. The second-order valence-corrected chi connectivity index (χ2v) is 4.29. The number of hydrogen-bond donors (Lipinski definition) is 0. The van der Waals surface area contributed by atoms with Crippen molar-refractivity contribution in [2.24, 2.45) is 0 Å². The average Bonchev–Trinajstić information content (AvgIpc) is 3.05. The van der Waals surface area contributed by atoms with Crippen LogP contribution in [0.1, 0.15) is 27.6 Å². The Hall–Kier alpha value is -2.48. The Bertz CT molecular complexity index is 632. The predicted molar refractivity (Wildman–Crippen MR) is 71.6 cm³/mol. The van der Waals surface area contributed by atoms with E-state index in [4.69, 9.17) is 14.0 Å².